The van der Waals surface area contributed by atoms with E-state index in [0.29, 0.717) is 23.1 Å². The Hall–Kier alpha value is -3.06. The van der Waals surface area contributed by atoms with Gasteiger partial charge in [-0.15, -0.1) is 0 Å². The minimum absolute atomic E-state index is 0.0820. The number of halogens is 1. The lowest BCUT2D eigenvalue weighted by Gasteiger charge is -2.14. The molecule has 166 valence electrons. The van der Waals surface area contributed by atoms with Crippen molar-refractivity contribution in [3.05, 3.63) is 59.1 Å². The molecule has 0 radical (unpaired) electrons. The van der Waals surface area contributed by atoms with Gasteiger partial charge in [0, 0.05) is 5.02 Å². The first-order valence-electron chi connectivity index (χ1n) is 9.76. The van der Waals surface area contributed by atoms with Crippen LogP contribution in [0.25, 0.3) is 0 Å². The third-order valence-electron chi connectivity index (χ3n) is 3.87. The highest BCUT2D eigenvalue weighted by Gasteiger charge is 2.20. The van der Waals surface area contributed by atoms with Crippen LogP contribution in [0.4, 0.5) is 0 Å². The van der Waals surface area contributed by atoms with E-state index in [4.69, 9.17) is 30.5 Å². The van der Waals surface area contributed by atoms with Crippen LogP contribution >= 0.6 is 11.6 Å². The van der Waals surface area contributed by atoms with Crippen LogP contribution in [0.1, 0.15) is 32.8 Å². The van der Waals surface area contributed by atoms with Gasteiger partial charge in [-0.05, 0) is 62.7 Å². The van der Waals surface area contributed by atoms with E-state index in [-0.39, 0.29) is 6.42 Å². The van der Waals surface area contributed by atoms with Crippen LogP contribution in [0.2, 0.25) is 5.02 Å². The molecule has 0 aliphatic rings. The summed E-state index contributed by atoms with van der Waals surface area (Å²) in [4.78, 5) is 34.8. The van der Waals surface area contributed by atoms with E-state index >= 15 is 0 Å². The average molecular weight is 449 g/mol. The fourth-order valence-electron chi connectivity index (χ4n) is 2.41. The van der Waals surface area contributed by atoms with Crippen LogP contribution in [-0.2, 0) is 30.5 Å². The summed E-state index contributed by atoms with van der Waals surface area (Å²) in [6.45, 7) is 4.68. The van der Waals surface area contributed by atoms with Gasteiger partial charge >= 0.3 is 11.9 Å². The zero-order valence-electron chi connectivity index (χ0n) is 17.6. The zero-order valence-corrected chi connectivity index (χ0v) is 18.4. The second-order valence-corrected chi connectivity index (χ2v) is 7.49. The van der Waals surface area contributed by atoms with Crippen molar-refractivity contribution in [2.24, 2.45) is 0 Å². The van der Waals surface area contributed by atoms with E-state index in [9.17, 15) is 14.4 Å². The summed E-state index contributed by atoms with van der Waals surface area (Å²) in [6, 6.07) is 14.4. The monoisotopic (exact) mass is 448 g/mol. The van der Waals surface area contributed by atoms with Gasteiger partial charge in [0.2, 0.25) is 0 Å². The van der Waals surface area contributed by atoms with E-state index in [1.54, 1.807) is 57.2 Å². The summed E-state index contributed by atoms with van der Waals surface area (Å²) in [5.74, 6) is -1.37. The number of hydrogen-bond donors (Lipinski definition) is 0. The molecule has 0 fully saturated rings. The number of carbonyl (C=O) groups excluding carboxylic acids is 3. The van der Waals surface area contributed by atoms with Crippen molar-refractivity contribution < 1.29 is 33.3 Å². The third-order valence-corrected chi connectivity index (χ3v) is 4.12. The van der Waals surface area contributed by atoms with Gasteiger partial charge in [-0.25, -0.2) is 4.79 Å². The number of benzene rings is 2. The molecule has 0 N–H and O–H groups in total. The van der Waals surface area contributed by atoms with Crippen molar-refractivity contribution >= 4 is 29.3 Å². The lowest BCUT2D eigenvalue weighted by molar-refractivity contribution is -0.161. The molecule has 2 aromatic rings. The Morgan fingerprint density at radius 2 is 1.52 bits per heavy atom. The van der Waals surface area contributed by atoms with Crippen molar-refractivity contribution in [2.75, 3.05) is 6.61 Å². The van der Waals surface area contributed by atoms with Crippen LogP contribution < -0.4 is 9.47 Å². The van der Waals surface area contributed by atoms with Crippen molar-refractivity contribution in [1.82, 2.24) is 0 Å². The fourth-order valence-corrected chi connectivity index (χ4v) is 2.54. The molecule has 0 aliphatic heterocycles. The molecular formula is C23H25ClO7. The second-order valence-electron chi connectivity index (χ2n) is 7.06. The van der Waals surface area contributed by atoms with Crippen molar-refractivity contribution in [3.63, 3.8) is 0 Å². The molecule has 0 saturated carbocycles. The molecule has 0 saturated heterocycles. The Morgan fingerprint density at radius 1 is 0.903 bits per heavy atom. The standard InChI is InChI=1S/C23H25ClO7/c1-15(2)30-23(27)21(25)14-29-22(26)12-16(3)31-20-10-8-19(9-11-20)28-13-17-4-6-18(24)7-5-17/h4-11,15-16H,12-14H2,1-3H3. The summed E-state index contributed by atoms with van der Waals surface area (Å²) in [7, 11) is 0. The molecule has 31 heavy (non-hydrogen) atoms. The topological polar surface area (TPSA) is 88.1 Å². The Kier molecular flexibility index (Phi) is 9.34. The van der Waals surface area contributed by atoms with Gasteiger partial charge < -0.3 is 18.9 Å². The van der Waals surface area contributed by atoms with Crippen molar-refractivity contribution in [1.29, 1.82) is 0 Å². The molecule has 2 rings (SSSR count). The number of ketones is 1. The number of carbonyl (C=O) groups is 3. The molecule has 1 unspecified atom stereocenters. The Labute approximate surface area is 186 Å². The number of hydrogen-bond acceptors (Lipinski definition) is 7. The third kappa shape index (κ3) is 9.09. The molecule has 0 aromatic heterocycles. The SMILES string of the molecule is CC(C)OC(=O)C(=O)COC(=O)CC(C)Oc1ccc(OCc2ccc(Cl)cc2)cc1. The van der Waals surface area contributed by atoms with Crippen molar-refractivity contribution in [2.45, 2.75) is 46.0 Å². The van der Waals surface area contributed by atoms with Crippen LogP contribution in [-0.4, -0.2) is 36.5 Å². The maximum atomic E-state index is 11.9. The van der Waals surface area contributed by atoms with E-state index in [1.165, 1.54) is 0 Å². The normalized spacial score (nSPS) is 11.5. The molecule has 0 bridgehead atoms. The molecule has 1 atom stereocenters. The zero-order chi connectivity index (χ0) is 22.8. The Morgan fingerprint density at radius 3 is 2.13 bits per heavy atom. The molecular weight excluding hydrogens is 424 g/mol. The molecule has 0 aliphatic carbocycles. The Balaban J connectivity index is 1.73. The van der Waals surface area contributed by atoms with Crippen molar-refractivity contribution in [3.8, 4) is 11.5 Å². The molecule has 0 amide bonds. The van der Waals surface area contributed by atoms with E-state index in [0.717, 1.165) is 5.56 Å². The molecule has 8 heteroatoms. The second kappa shape index (κ2) is 12.0. The largest absolute Gasteiger partial charge is 0.490 e. The van der Waals surface area contributed by atoms with Gasteiger partial charge in [0.05, 0.1) is 12.5 Å². The smallest absolute Gasteiger partial charge is 0.378 e. The van der Waals surface area contributed by atoms with Crippen LogP contribution in [0.5, 0.6) is 11.5 Å². The summed E-state index contributed by atoms with van der Waals surface area (Å²) in [5.41, 5.74) is 0.993. The molecule has 7 nitrogen and oxygen atoms in total. The average Bonchev–Trinajstić information content (AvgIpc) is 2.72. The van der Waals surface area contributed by atoms with Gasteiger partial charge in [-0.1, -0.05) is 23.7 Å². The number of rotatable bonds is 11. The summed E-state index contributed by atoms with van der Waals surface area (Å²) < 4.78 is 20.9. The van der Waals surface area contributed by atoms with Crippen LogP contribution in [0.15, 0.2) is 48.5 Å². The molecule has 2 aromatic carbocycles. The highest BCUT2D eigenvalue weighted by atomic mass is 35.5. The summed E-state index contributed by atoms with van der Waals surface area (Å²) in [6.07, 6.45) is -0.998. The first-order chi connectivity index (χ1) is 14.7. The lowest BCUT2D eigenvalue weighted by atomic mass is 10.2. The van der Waals surface area contributed by atoms with Gasteiger partial charge in [-0.3, -0.25) is 9.59 Å². The van der Waals surface area contributed by atoms with E-state index in [1.807, 2.05) is 12.1 Å². The van der Waals surface area contributed by atoms with Gasteiger partial charge in [0.25, 0.3) is 5.78 Å². The van der Waals surface area contributed by atoms with Crippen LogP contribution in [0.3, 0.4) is 0 Å². The molecule has 0 spiro atoms. The summed E-state index contributed by atoms with van der Waals surface area (Å²) in [5, 5.41) is 0.670. The Bertz CT molecular complexity index is 876. The maximum absolute atomic E-state index is 11.9. The van der Waals surface area contributed by atoms with Gasteiger partial charge in [-0.2, -0.15) is 0 Å². The maximum Gasteiger partial charge on any atom is 0.378 e. The first kappa shape index (κ1) is 24.2. The quantitative estimate of drug-likeness (QED) is 0.377. The van der Waals surface area contributed by atoms with Crippen LogP contribution in [0, 0.1) is 0 Å². The predicted molar refractivity (Wildman–Crippen MR) is 114 cm³/mol. The predicted octanol–water partition coefficient (Wildman–Crippen LogP) is 4.14. The van der Waals surface area contributed by atoms with Gasteiger partial charge in [0.15, 0.2) is 6.61 Å². The minimum atomic E-state index is -1.02. The highest BCUT2D eigenvalue weighted by Crippen LogP contribution is 2.20. The number of Topliss-reactive ketones (excluding diaryl/α,β-unsaturated/α-hetero) is 1. The lowest BCUT2D eigenvalue weighted by Crippen LogP contribution is -2.27. The minimum Gasteiger partial charge on any atom is -0.490 e. The first-order valence-corrected chi connectivity index (χ1v) is 10.1. The van der Waals surface area contributed by atoms with Gasteiger partial charge in [0.1, 0.15) is 24.2 Å². The number of esters is 2. The summed E-state index contributed by atoms with van der Waals surface area (Å²) >= 11 is 5.86. The fraction of sp³-hybridized carbons (Fsp3) is 0.348. The molecule has 0 heterocycles. The van der Waals surface area contributed by atoms with E-state index < -0.39 is 36.5 Å². The number of ether oxygens (including phenoxy) is 4. The highest BCUT2D eigenvalue weighted by molar-refractivity contribution is 6.34. The van der Waals surface area contributed by atoms with E-state index in [2.05, 4.69) is 0 Å².